The lowest BCUT2D eigenvalue weighted by atomic mass is 10.3. The summed E-state index contributed by atoms with van der Waals surface area (Å²) in [6, 6.07) is 1.73. The van der Waals surface area contributed by atoms with Crippen LogP contribution in [0, 0.1) is 0 Å². The second-order valence-corrected chi connectivity index (χ2v) is 1.91. The molecular weight excluding hydrogens is 142 g/mol. The van der Waals surface area contributed by atoms with Crippen molar-refractivity contribution in [3.8, 4) is 0 Å². The van der Waals surface area contributed by atoms with Crippen LogP contribution >= 0.6 is 0 Å². The topological polar surface area (TPSA) is 68.9 Å². The maximum Gasteiger partial charge on any atom is 0.241 e. The summed E-state index contributed by atoms with van der Waals surface area (Å²) in [4.78, 5) is 10.3. The van der Waals surface area contributed by atoms with E-state index in [0.29, 0.717) is 0 Å². The highest BCUT2D eigenvalue weighted by molar-refractivity contribution is 5.90. The van der Waals surface area contributed by atoms with Gasteiger partial charge in [0, 0.05) is 6.08 Å². The average molecular weight is 149 g/mol. The molecule has 1 rings (SSSR count). The molecule has 4 nitrogen and oxygen atoms in total. The van der Waals surface area contributed by atoms with Crippen molar-refractivity contribution in [1.82, 2.24) is 10.2 Å². The van der Waals surface area contributed by atoms with Crippen molar-refractivity contribution in [2.24, 2.45) is 5.73 Å². The lowest BCUT2D eigenvalue weighted by Gasteiger charge is -1.86. The Morgan fingerprint density at radius 1 is 1.55 bits per heavy atom. The summed E-state index contributed by atoms with van der Waals surface area (Å²) in [6.45, 7) is 0. The summed E-state index contributed by atoms with van der Waals surface area (Å²) in [7, 11) is 0. The van der Waals surface area contributed by atoms with E-state index in [1.807, 2.05) is 0 Å². The van der Waals surface area contributed by atoms with E-state index in [9.17, 15) is 4.79 Å². The van der Waals surface area contributed by atoms with Gasteiger partial charge in [-0.3, -0.25) is 4.79 Å². The van der Waals surface area contributed by atoms with Gasteiger partial charge in [0.05, 0.1) is 12.4 Å². The quantitative estimate of drug-likeness (QED) is 0.600. The van der Waals surface area contributed by atoms with Gasteiger partial charge in [0.2, 0.25) is 5.91 Å². The van der Waals surface area contributed by atoms with Crippen LogP contribution in [0.1, 0.15) is 5.56 Å². The number of hydrogen-bond acceptors (Lipinski definition) is 3. The maximum atomic E-state index is 10.3. The Labute approximate surface area is 63.7 Å². The molecule has 0 saturated heterocycles. The summed E-state index contributed by atoms with van der Waals surface area (Å²) in [6.07, 6.45) is 5.94. The molecule has 0 atom stereocenters. The fourth-order valence-electron chi connectivity index (χ4n) is 0.578. The van der Waals surface area contributed by atoms with Crippen LogP contribution in [0.25, 0.3) is 6.08 Å². The first-order valence-electron chi connectivity index (χ1n) is 3.03. The standard InChI is InChI=1S/C7H7N3O/c8-7(11)2-1-6-3-4-9-10-5-6/h1-5H,(H2,8,11). The zero-order chi connectivity index (χ0) is 8.10. The predicted octanol–water partition coefficient (Wildman–Crippen LogP) is -0.0249. The Morgan fingerprint density at radius 2 is 2.36 bits per heavy atom. The highest BCUT2D eigenvalue weighted by Gasteiger charge is 1.85. The summed E-state index contributed by atoms with van der Waals surface area (Å²) < 4.78 is 0. The molecule has 0 spiro atoms. The van der Waals surface area contributed by atoms with E-state index in [2.05, 4.69) is 10.2 Å². The third-order valence-corrected chi connectivity index (χ3v) is 1.05. The molecule has 0 bridgehead atoms. The molecule has 56 valence electrons. The zero-order valence-electron chi connectivity index (χ0n) is 5.77. The van der Waals surface area contributed by atoms with Crippen LogP contribution < -0.4 is 5.73 Å². The Hall–Kier alpha value is -1.71. The van der Waals surface area contributed by atoms with Crippen molar-refractivity contribution in [3.63, 3.8) is 0 Å². The van der Waals surface area contributed by atoms with Crippen molar-refractivity contribution in [1.29, 1.82) is 0 Å². The number of primary amides is 1. The molecule has 0 aliphatic rings. The largest absolute Gasteiger partial charge is 0.366 e. The molecular formula is C7H7N3O. The van der Waals surface area contributed by atoms with Gasteiger partial charge in [-0.1, -0.05) is 0 Å². The van der Waals surface area contributed by atoms with E-state index < -0.39 is 5.91 Å². The molecule has 0 aliphatic carbocycles. The van der Waals surface area contributed by atoms with Crippen LogP contribution in [0.2, 0.25) is 0 Å². The Balaban J connectivity index is 2.72. The first kappa shape index (κ1) is 7.40. The number of carbonyl (C=O) groups is 1. The Kier molecular flexibility index (Phi) is 2.32. The van der Waals surface area contributed by atoms with Crippen molar-refractivity contribution in [3.05, 3.63) is 30.1 Å². The predicted molar refractivity (Wildman–Crippen MR) is 40.3 cm³/mol. The van der Waals surface area contributed by atoms with Crippen molar-refractivity contribution in [2.45, 2.75) is 0 Å². The zero-order valence-corrected chi connectivity index (χ0v) is 5.77. The number of carbonyl (C=O) groups excluding carboxylic acids is 1. The SMILES string of the molecule is NC(=O)C=Cc1ccnnc1. The van der Waals surface area contributed by atoms with Crippen molar-refractivity contribution < 1.29 is 4.79 Å². The third-order valence-electron chi connectivity index (χ3n) is 1.05. The first-order chi connectivity index (χ1) is 5.29. The maximum absolute atomic E-state index is 10.3. The fraction of sp³-hybridized carbons (Fsp3) is 0. The van der Waals surface area contributed by atoms with Gasteiger partial charge in [-0.05, 0) is 17.7 Å². The Morgan fingerprint density at radius 3 is 2.91 bits per heavy atom. The monoisotopic (exact) mass is 149 g/mol. The highest BCUT2D eigenvalue weighted by atomic mass is 16.1. The van der Waals surface area contributed by atoms with Gasteiger partial charge < -0.3 is 5.73 Å². The molecule has 1 amide bonds. The van der Waals surface area contributed by atoms with Gasteiger partial charge in [0.15, 0.2) is 0 Å². The van der Waals surface area contributed by atoms with Crippen molar-refractivity contribution in [2.75, 3.05) is 0 Å². The average Bonchev–Trinajstić information content (AvgIpc) is 2.03. The van der Waals surface area contributed by atoms with E-state index in [0.717, 1.165) is 5.56 Å². The molecule has 2 N–H and O–H groups in total. The van der Waals surface area contributed by atoms with Gasteiger partial charge >= 0.3 is 0 Å². The summed E-state index contributed by atoms with van der Waals surface area (Å²) in [5, 5.41) is 7.18. The van der Waals surface area contributed by atoms with Gasteiger partial charge in [0.25, 0.3) is 0 Å². The van der Waals surface area contributed by atoms with E-state index in [1.54, 1.807) is 24.5 Å². The molecule has 1 aromatic rings. The van der Waals surface area contributed by atoms with Crippen LogP contribution in [-0.4, -0.2) is 16.1 Å². The lowest BCUT2D eigenvalue weighted by molar-refractivity contribution is -0.113. The van der Waals surface area contributed by atoms with Gasteiger partial charge in [0.1, 0.15) is 0 Å². The molecule has 0 aromatic carbocycles. The smallest absolute Gasteiger partial charge is 0.241 e. The Bertz CT molecular complexity index is 268. The molecule has 4 heteroatoms. The first-order valence-corrected chi connectivity index (χ1v) is 3.03. The second-order valence-electron chi connectivity index (χ2n) is 1.91. The fourth-order valence-corrected chi connectivity index (χ4v) is 0.578. The van der Waals surface area contributed by atoms with Crippen LogP contribution in [0.3, 0.4) is 0 Å². The number of hydrogen-bond donors (Lipinski definition) is 1. The van der Waals surface area contributed by atoms with E-state index in [-0.39, 0.29) is 0 Å². The van der Waals surface area contributed by atoms with Gasteiger partial charge in [-0.2, -0.15) is 10.2 Å². The minimum atomic E-state index is -0.471. The molecule has 11 heavy (non-hydrogen) atoms. The number of nitrogens with two attached hydrogens (primary N) is 1. The van der Waals surface area contributed by atoms with E-state index in [4.69, 9.17) is 5.73 Å². The van der Waals surface area contributed by atoms with Crippen molar-refractivity contribution >= 4 is 12.0 Å². The molecule has 1 aromatic heterocycles. The van der Waals surface area contributed by atoms with Crippen LogP contribution in [0.15, 0.2) is 24.5 Å². The summed E-state index contributed by atoms with van der Waals surface area (Å²) in [5.41, 5.74) is 5.68. The summed E-state index contributed by atoms with van der Waals surface area (Å²) in [5.74, 6) is -0.471. The number of nitrogens with zero attached hydrogens (tertiary/aromatic N) is 2. The molecule has 1 heterocycles. The molecule has 0 saturated carbocycles. The number of rotatable bonds is 2. The molecule has 0 fully saturated rings. The van der Waals surface area contributed by atoms with Crippen LogP contribution in [-0.2, 0) is 4.79 Å². The molecule has 0 unspecified atom stereocenters. The minimum Gasteiger partial charge on any atom is -0.366 e. The third kappa shape index (κ3) is 2.57. The number of amides is 1. The second kappa shape index (κ2) is 3.46. The summed E-state index contributed by atoms with van der Waals surface area (Å²) >= 11 is 0. The normalized spacial score (nSPS) is 10.2. The number of aromatic nitrogens is 2. The van der Waals surface area contributed by atoms with Gasteiger partial charge in [-0.15, -0.1) is 0 Å². The van der Waals surface area contributed by atoms with E-state index in [1.165, 1.54) is 6.08 Å². The minimum absolute atomic E-state index is 0.471. The highest BCUT2D eigenvalue weighted by Crippen LogP contribution is 1.95. The van der Waals surface area contributed by atoms with Gasteiger partial charge in [-0.25, -0.2) is 0 Å². The van der Waals surface area contributed by atoms with Crippen LogP contribution in [0.5, 0.6) is 0 Å². The van der Waals surface area contributed by atoms with E-state index >= 15 is 0 Å². The lowest BCUT2D eigenvalue weighted by Crippen LogP contribution is -2.05. The molecule has 0 aliphatic heterocycles. The van der Waals surface area contributed by atoms with Crippen LogP contribution in [0.4, 0.5) is 0 Å². The molecule has 0 radical (unpaired) electrons.